The molecule has 0 saturated heterocycles. The lowest BCUT2D eigenvalue weighted by molar-refractivity contribution is 0.295. The van der Waals surface area contributed by atoms with Crippen molar-refractivity contribution in [2.24, 2.45) is 0 Å². The number of para-hydroxylation sites is 1. The van der Waals surface area contributed by atoms with Crippen molar-refractivity contribution in [2.45, 2.75) is 39.7 Å². The molecule has 37 heavy (non-hydrogen) atoms. The number of fused-ring (bicyclic) bond motifs is 1. The van der Waals surface area contributed by atoms with E-state index in [9.17, 15) is 0 Å². The molecule has 1 heterocycles. The molecular weight excluding hydrogens is 480 g/mol. The van der Waals surface area contributed by atoms with Gasteiger partial charge in [0.1, 0.15) is 17.3 Å². The van der Waals surface area contributed by atoms with Crippen LogP contribution in [-0.4, -0.2) is 40.5 Å². The average Bonchev–Trinajstić information content (AvgIpc) is 2.90. The highest BCUT2D eigenvalue weighted by atomic mass is 35.5. The molecule has 0 spiro atoms. The molecular formula is C31H35ClN4O. The van der Waals surface area contributed by atoms with E-state index in [1.807, 2.05) is 84.9 Å². The SMILES string of the molecule is CCN(CC)CCCC(C)Nc1nc(/C=C/c2cccc(Oc3ccccc3)c2)nc2cc(Cl)ccc12. The third-order valence-corrected chi connectivity index (χ3v) is 6.56. The molecule has 0 saturated carbocycles. The lowest BCUT2D eigenvalue weighted by Crippen LogP contribution is -2.25. The van der Waals surface area contributed by atoms with Gasteiger partial charge in [-0.1, -0.05) is 61.9 Å². The molecule has 5 nitrogen and oxygen atoms in total. The molecule has 0 fully saturated rings. The smallest absolute Gasteiger partial charge is 0.154 e. The highest BCUT2D eigenvalue weighted by Gasteiger charge is 2.11. The number of benzene rings is 3. The van der Waals surface area contributed by atoms with Crippen molar-refractivity contribution < 1.29 is 4.74 Å². The summed E-state index contributed by atoms with van der Waals surface area (Å²) in [6, 6.07) is 23.8. The first kappa shape index (κ1) is 26.6. The molecule has 4 aromatic rings. The Morgan fingerprint density at radius 2 is 1.70 bits per heavy atom. The van der Waals surface area contributed by atoms with Gasteiger partial charge in [0.05, 0.1) is 5.52 Å². The van der Waals surface area contributed by atoms with Crippen LogP contribution in [0.15, 0.2) is 72.8 Å². The molecule has 0 aliphatic carbocycles. The van der Waals surface area contributed by atoms with Crippen LogP contribution in [0.5, 0.6) is 11.5 Å². The number of ether oxygens (including phenoxy) is 1. The van der Waals surface area contributed by atoms with Crippen molar-refractivity contribution in [1.29, 1.82) is 0 Å². The van der Waals surface area contributed by atoms with Crippen LogP contribution in [0.25, 0.3) is 23.1 Å². The van der Waals surface area contributed by atoms with Crippen LogP contribution < -0.4 is 10.1 Å². The number of rotatable bonds is 12. The van der Waals surface area contributed by atoms with Gasteiger partial charge in [-0.15, -0.1) is 0 Å². The molecule has 1 atom stereocenters. The maximum Gasteiger partial charge on any atom is 0.154 e. The van der Waals surface area contributed by atoms with Crippen molar-refractivity contribution in [3.63, 3.8) is 0 Å². The Labute approximate surface area is 225 Å². The third-order valence-electron chi connectivity index (χ3n) is 6.33. The quantitative estimate of drug-likeness (QED) is 0.206. The molecule has 0 aliphatic rings. The van der Waals surface area contributed by atoms with Gasteiger partial charge in [-0.25, -0.2) is 9.97 Å². The minimum atomic E-state index is 0.285. The van der Waals surface area contributed by atoms with Crippen molar-refractivity contribution in [2.75, 3.05) is 25.0 Å². The van der Waals surface area contributed by atoms with Crippen molar-refractivity contribution in [3.8, 4) is 11.5 Å². The second-order valence-corrected chi connectivity index (χ2v) is 9.56. The minimum Gasteiger partial charge on any atom is -0.457 e. The van der Waals surface area contributed by atoms with E-state index in [4.69, 9.17) is 26.3 Å². The Kier molecular flexibility index (Phi) is 9.52. The molecule has 0 aliphatic heterocycles. The summed E-state index contributed by atoms with van der Waals surface area (Å²) in [5.41, 5.74) is 1.82. The van der Waals surface area contributed by atoms with Gasteiger partial charge in [0.15, 0.2) is 5.82 Å². The Hall–Kier alpha value is -3.41. The topological polar surface area (TPSA) is 50.3 Å². The number of hydrogen-bond donors (Lipinski definition) is 1. The number of hydrogen-bond acceptors (Lipinski definition) is 5. The Morgan fingerprint density at radius 1 is 0.919 bits per heavy atom. The van der Waals surface area contributed by atoms with E-state index in [0.717, 1.165) is 66.3 Å². The average molecular weight is 515 g/mol. The largest absolute Gasteiger partial charge is 0.457 e. The molecule has 1 aromatic heterocycles. The summed E-state index contributed by atoms with van der Waals surface area (Å²) >= 11 is 6.29. The van der Waals surface area contributed by atoms with Gasteiger partial charge in [-0.3, -0.25) is 0 Å². The van der Waals surface area contributed by atoms with E-state index in [1.54, 1.807) is 0 Å². The Bertz CT molecular complexity index is 1320. The molecule has 6 heteroatoms. The molecule has 1 N–H and O–H groups in total. The number of nitrogens with one attached hydrogen (secondary N) is 1. The van der Waals surface area contributed by atoms with E-state index >= 15 is 0 Å². The molecule has 3 aromatic carbocycles. The lowest BCUT2D eigenvalue weighted by Gasteiger charge is -2.20. The van der Waals surface area contributed by atoms with Crippen LogP contribution in [0.1, 0.15) is 45.0 Å². The first-order valence-electron chi connectivity index (χ1n) is 13.0. The normalized spacial score (nSPS) is 12.4. The second-order valence-electron chi connectivity index (χ2n) is 9.13. The molecule has 192 valence electrons. The predicted octanol–water partition coefficient (Wildman–Crippen LogP) is 8.17. The van der Waals surface area contributed by atoms with Gasteiger partial charge in [0.2, 0.25) is 0 Å². The Morgan fingerprint density at radius 3 is 2.49 bits per heavy atom. The van der Waals surface area contributed by atoms with Crippen LogP contribution in [0.2, 0.25) is 5.02 Å². The summed E-state index contributed by atoms with van der Waals surface area (Å²) < 4.78 is 5.97. The summed E-state index contributed by atoms with van der Waals surface area (Å²) in [6.07, 6.45) is 6.13. The maximum atomic E-state index is 6.29. The highest BCUT2D eigenvalue weighted by Crippen LogP contribution is 2.26. The minimum absolute atomic E-state index is 0.285. The highest BCUT2D eigenvalue weighted by molar-refractivity contribution is 6.31. The predicted molar refractivity (Wildman–Crippen MR) is 157 cm³/mol. The van der Waals surface area contributed by atoms with Gasteiger partial charge in [0.25, 0.3) is 0 Å². The maximum absolute atomic E-state index is 6.29. The van der Waals surface area contributed by atoms with E-state index in [2.05, 4.69) is 31.0 Å². The second kappa shape index (κ2) is 13.2. The summed E-state index contributed by atoms with van der Waals surface area (Å²) in [7, 11) is 0. The van der Waals surface area contributed by atoms with Crippen LogP contribution in [0, 0.1) is 0 Å². The molecule has 4 rings (SSSR count). The van der Waals surface area contributed by atoms with Crippen molar-refractivity contribution in [1.82, 2.24) is 14.9 Å². The van der Waals surface area contributed by atoms with Gasteiger partial charge in [-0.05, 0) is 93.5 Å². The fraction of sp³-hybridized carbons (Fsp3) is 0.290. The van der Waals surface area contributed by atoms with Crippen LogP contribution in [0.4, 0.5) is 5.82 Å². The van der Waals surface area contributed by atoms with E-state index < -0.39 is 0 Å². The zero-order valence-corrected chi connectivity index (χ0v) is 22.6. The number of anilines is 1. The van der Waals surface area contributed by atoms with Crippen molar-refractivity contribution >= 4 is 40.5 Å². The molecule has 0 radical (unpaired) electrons. The fourth-order valence-electron chi connectivity index (χ4n) is 4.25. The van der Waals surface area contributed by atoms with Gasteiger partial charge >= 0.3 is 0 Å². The molecule has 0 amide bonds. The van der Waals surface area contributed by atoms with Crippen LogP contribution in [0.3, 0.4) is 0 Å². The number of halogens is 1. The molecule has 0 bridgehead atoms. The van der Waals surface area contributed by atoms with E-state index in [-0.39, 0.29) is 6.04 Å². The summed E-state index contributed by atoms with van der Waals surface area (Å²) in [4.78, 5) is 12.1. The number of nitrogens with zero attached hydrogens (tertiary/aromatic N) is 3. The van der Waals surface area contributed by atoms with Gasteiger partial charge in [-0.2, -0.15) is 0 Å². The van der Waals surface area contributed by atoms with E-state index in [0.29, 0.717) is 10.8 Å². The first-order valence-corrected chi connectivity index (χ1v) is 13.4. The van der Waals surface area contributed by atoms with Crippen molar-refractivity contribution in [3.05, 3.63) is 89.2 Å². The fourth-order valence-corrected chi connectivity index (χ4v) is 4.42. The van der Waals surface area contributed by atoms with Gasteiger partial charge in [0, 0.05) is 16.5 Å². The summed E-state index contributed by atoms with van der Waals surface area (Å²) in [5.74, 6) is 3.04. The van der Waals surface area contributed by atoms with Crippen LogP contribution >= 0.6 is 11.6 Å². The molecule has 1 unspecified atom stereocenters. The number of aromatic nitrogens is 2. The van der Waals surface area contributed by atoms with Crippen LogP contribution in [-0.2, 0) is 0 Å². The summed E-state index contributed by atoms with van der Waals surface area (Å²) in [6.45, 7) is 9.93. The monoisotopic (exact) mass is 514 g/mol. The lowest BCUT2D eigenvalue weighted by atomic mass is 10.1. The zero-order chi connectivity index (χ0) is 26.0. The summed E-state index contributed by atoms with van der Waals surface area (Å²) in [5, 5.41) is 5.25. The third kappa shape index (κ3) is 7.78. The zero-order valence-electron chi connectivity index (χ0n) is 21.8. The first-order chi connectivity index (χ1) is 18.0. The van der Waals surface area contributed by atoms with E-state index in [1.165, 1.54) is 0 Å². The van der Waals surface area contributed by atoms with Gasteiger partial charge < -0.3 is 15.0 Å². The standard InChI is InChI=1S/C31H35ClN4O/c1-4-36(5-2)20-10-11-23(3)33-31-28-18-17-25(32)22-29(28)34-30(35-31)19-16-24-12-9-15-27(21-24)37-26-13-7-6-8-14-26/h6-9,12-19,21-23H,4-5,10-11,20H2,1-3H3,(H,33,34,35)/b19-16+. The Balaban J connectivity index is 1.52.